The smallest absolute Gasteiger partial charge is 0.337 e. The maximum Gasteiger partial charge on any atom is 0.337 e. The Morgan fingerprint density at radius 1 is 1.53 bits per heavy atom. The van der Waals surface area contributed by atoms with E-state index in [0.29, 0.717) is 17.8 Å². The van der Waals surface area contributed by atoms with E-state index >= 15 is 0 Å². The van der Waals surface area contributed by atoms with Crippen molar-refractivity contribution in [2.45, 2.75) is 31.1 Å². The first-order valence-corrected chi connectivity index (χ1v) is 7.92. The molecular formula is C14H20N2O2S. The Morgan fingerprint density at radius 2 is 2.37 bits per heavy atom. The molecule has 0 aromatic carbocycles. The zero-order valence-electron chi connectivity index (χ0n) is 11.2. The molecule has 1 aromatic heterocycles. The molecule has 1 aromatic rings. The summed E-state index contributed by atoms with van der Waals surface area (Å²) in [6, 6.07) is 3.31. The van der Waals surface area contributed by atoms with Crippen LogP contribution in [0.15, 0.2) is 18.3 Å². The number of hydrogen-bond donors (Lipinski definition) is 1. The highest BCUT2D eigenvalue weighted by atomic mass is 32.2. The summed E-state index contributed by atoms with van der Waals surface area (Å²) in [5, 5.41) is 9.91. The summed E-state index contributed by atoms with van der Waals surface area (Å²) in [6.45, 7) is 2.71. The lowest BCUT2D eigenvalue weighted by Crippen LogP contribution is -2.26. The van der Waals surface area contributed by atoms with Gasteiger partial charge in [0, 0.05) is 18.0 Å². The Balaban J connectivity index is 2.03. The third-order valence-electron chi connectivity index (χ3n) is 3.60. The number of hydrogen-bond acceptors (Lipinski definition) is 4. The van der Waals surface area contributed by atoms with Crippen molar-refractivity contribution in [2.24, 2.45) is 0 Å². The number of thioether (sulfide) groups is 1. The number of pyridine rings is 1. The van der Waals surface area contributed by atoms with Crippen molar-refractivity contribution in [3.8, 4) is 0 Å². The van der Waals surface area contributed by atoms with Gasteiger partial charge in [-0.25, -0.2) is 4.79 Å². The van der Waals surface area contributed by atoms with E-state index in [1.54, 1.807) is 18.3 Å². The summed E-state index contributed by atoms with van der Waals surface area (Å²) in [7, 11) is 0. The molecule has 1 saturated heterocycles. The van der Waals surface area contributed by atoms with Crippen molar-refractivity contribution in [2.75, 3.05) is 19.3 Å². The maximum absolute atomic E-state index is 11.2. The van der Waals surface area contributed by atoms with Crippen molar-refractivity contribution >= 4 is 17.7 Å². The van der Waals surface area contributed by atoms with Crippen molar-refractivity contribution in [1.82, 2.24) is 9.88 Å². The number of carboxylic acids is 1. The van der Waals surface area contributed by atoms with Crippen LogP contribution in [0.4, 0.5) is 0 Å². The van der Waals surface area contributed by atoms with Crippen molar-refractivity contribution in [3.05, 3.63) is 29.6 Å². The Hall–Kier alpha value is -1.07. The molecule has 0 spiro atoms. The van der Waals surface area contributed by atoms with Gasteiger partial charge in [0.05, 0.1) is 11.3 Å². The summed E-state index contributed by atoms with van der Waals surface area (Å²) in [5.41, 5.74) is 1.01. The average molecular weight is 280 g/mol. The van der Waals surface area contributed by atoms with Crippen LogP contribution in [0.25, 0.3) is 0 Å². The molecule has 0 saturated carbocycles. The molecule has 1 aliphatic heterocycles. The number of carbonyl (C=O) groups is 1. The molecule has 0 aliphatic carbocycles. The lowest BCUT2D eigenvalue weighted by atomic mass is 10.2. The van der Waals surface area contributed by atoms with Gasteiger partial charge in [0.2, 0.25) is 0 Å². The minimum absolute atomic E-state index is 0.327. The van der Waals surface area contributed by atoms with E-state index in [2.05, 4.69) is 16.1 Å². The Bertz CT molecular complexity index is 439. The van der Waals surface area contributed by atoms with E-state index in [-0.39, 0.29) is 0 Å². The van der Waals surface area contributed by atoms with Gasteiger partial charge in [-0.15, -0.1) is 0 Å². The Kier molecular flexibility index (Phi) is 5.22. The Labute approximate surface area is 118 Å². The molecule has 0 amide bonds. The van der Waals surface area contributed by atoms with E-state index in [9.17, 15) is 4.79 Å². The molecular weight excluding hydrogens is 260 g/mol. The first-order chi connectivity index (χ1) is 9.20. The first kappa shape index (κ1) is 14.3. The third kappa shape index (κ3) is 3.94. The van der Waals surface area contributed by atoms with Gasteiger partial charge < -0.3 is 5.11 Å². The molecule has 4 nitrogen and oxygen atoms in total. The van der Waals surface area contributed by atoms with Gasteiger partial charge in [-0.1, -0.05) is 0 Å². The number of carboxylic acid groups (broad SMARTS) is 1. The van der Waals surface area contributed by atoms with E-state index in [1.807, 2.05) is 11.8 Å². The van der Waals surface area contributed by atoms with Crippen molar-refractivity contribution in [1.29, 1.82) is 0 Å². The maximum atomic E-state index is 11.2. The quantitative estimate of drug-likeness (QED) is 0.918. The number of aromatic nitrogens is 1. The van der Waals surface area contributed by atoms with Crippen LogP contribution in [0.1, 0.15) is 35.3 Å². The number of aromatic carboxylic acids is 1. The van der Waals surface area contributed by atoms with Crippen LogP contribution in [0.2, 0.25) is 0 Å². The predicted molar refractivity (Wildman–Crippen MR) is 77.6 cm³/mol. The summed E-state index contributed by atoms with van der Waals surface area (Å²) in [5.74, 6) is -0.889. The van der Waals surface area contributed by atoms with Crippen LogP contribution in [0.5, 0.6) is 0 Å². The summed E-state index contributed by atoms with van der Waals surface area (Å²) in [4.78, 5) is 17.7. The standard InChI is InChI=1S/C14H20N2O2S/c1-19-11-4-3-8-16(9-6-11)10-13-12(14(17)18)5-2-7-15-13/h2,5,7,11H,3-4,6,8-10H2,1H3,(H,17,18). The van der Waals surface area contributed by atoms with Crippen molar-refractivity contribution < 1.29 is 9.90 Å². The fourth-order valence-electron chi connectivity index (χ4n) is 2.49. The topological polar surface area (TPSA) is 53.4 Å². The third-order valence-corrected chi connectivity index (χ3v) is 4.73. The summed E-state index contributed by atoms with van der Waals surface area (Å²) >= 11 is 1.94. The number of rotatable bonds is 4. The molecule has 1 aliphatic rings. The zero-order chi connectivity index (χ0) is 13.7. The highest BCUT2D eigenvalue weighted by molar-refractivity contribution is 7.99. The zero-order valence-corrected chi connectivity index (χ0v) is 12.0. The van der Waals surface area contributed by atoms with Crippen LogP contribution in [-0.2, 0) is 6.54 Å². The monoisotopic (exact) mass is 280 g/mol. The van der Waals surface area contributed by atoms with Gasteiger partial charge in [-0.05, 0) is 50.7 Å². The van der Waals surface area contributed by atoms with E-state index in [4.69, 9.17) is 5.11 Å². The molecule has 1 fully saturated rings. The predicted octanol–water partition coefficient (Wildman–Crippen LogP) is 2.50. The average Bonchev–Trinajstić information content (AvgIpc) is 2.64. The molecule has 2 rings (SSSR count). The molecule has 104 valence electrons. The molecule has 2 heterocycles. The SMILES string of the molecule is CSC1CCCN(Cc2ncccc2C(=O)O)CC1. The van der Waals surface area contributed by atoms with Gasteiger partial charge in [-0.3, -0.25) is 9.88 Å². The van der Waals surface area contributed by atoms with E-state index < -0.39 is 5.97 Å². The van der Waals surface area contributed by atoms with Crippen molar-refractivity contribution in [3.63, 3.8) is 0 Å². The van der Waals surface area contributed by atoms with E-state index in [1.165, 1.54) is 19.3 Å². The van der Waals surface area contributed by atoms with Gasteiger partial charge >= 0.3 is 5.97 Å². The Morgan fingerprint density at radius 3 is 3.11 bits per heavy atom. The first-order valence-electron chi connectivity index (χ1n) is 6.63. The highest BCUT2D eigenvalue weighted by Crippen LogP contribution is 2.22. The molecule has 1 N–H and O–H groups in total. The molecule has 19 heavy (non-hydrogen) atoms. The fourth-order valence-corrected chi connectivity index (χ4v) is 3.23. The van der Waals surface area contributed by atoms with Crippen LogP contribution in [0, 0.1) is 0 Å². The fraction of sp³-hybridized carbons (Fsp3) is 0.571. The van der Waals surface area contributed by atoms with E-state index in [0.717, 1.165) is 18.3 Å². The molecule has 1 unspecified atom stereocenters. The summed E-state index contributed by atoms with van der Waals surface area (Å²) < 4.78 is 0. The molecule has 5 heteroatoms. The van der Waals surface area contributed by atoms with Crippen LogP contribution < -0.4 is 0 Å². The second-order valence-electron chi connectivity index (χ2n) is 4.87. The number of likely N-dealkylation sites (tertiary alicyclic amines) is 1. The normalized spacial score (nSPS) is 21.0. The van der Waals surface area contributed by atoms with Gasteiger partial charge in [0.25, 0.3) is 0 Å². The largest absolute Gasteiger partial charge is 0.478 e. The van der Waals surface area contributed by atoms with Gasteiger partial charge in [0.15, 0.2) is 0 Å². The van der Waals surface area contributed by atoms with Crippen LogP contribution in [-0.4, -0.2) is 45.6 Å². The highest BCUT2D eigenvalue weighted by Gasteiger charge is 2.18. The van der Waals surface area contributed by atoms with Gasteiger partial charge in [-0.2, -0.15) is 11.8 Å². The lowest BCUT2D eigenvalue weighted by Gasteiger charge is -2.20. The molecule has 0 radical (unpaired) electrons. The molecule has 1 atom stereocenters. The number of nitrogens with zero attached hydrogens (tertiary/aromatic N) is 2. The molecule has 0 bridgehead atoms. The van der Waals surface area contributed by atoms with Crippen LogP contribution in [0.3, 0.4) is 0 Å². The summed E-state index contributed by atoms with van der Waals surface area (Å²) in [6.07, 6.45) is 7.45. The minimum atomic E-state index is -0.889. The lowest BCUT2D eigenvalue weighted by molar-refractivity contribution is 0.0693. The second-order valence-corrected chi connectivity index (χ2v) is 6.01. The van der Waals surface area contributed by atoms with Gasteiger partial charge in [0.1, 0.15) is 0 Å². The van der Waals surface area contributed by atoms with Crippen LogP contribution >= 0.6 is 11.8 Å². The minimum Gasteiger partial charge on any atom is -0.478 e. The second kappa shape index (κ2) is 6.91.